The molecular weight excluding hydrogens is 424 g/mol. The average molecular weight is 459 g/mol. The van der Waals surface area contributed by atoms with Crippen LogP contribution in [0.25, 0.3) is 0 Å². The van der Waals surface area contributed by atoms with E-state index in [1.807, 2.05) is 43.3 Å². The molecule has 0 unspecified atom stereocenters. The molecule has 0 aromatic heterocycles. The molecular formula is C25H34N2O4S. The Morgan fingerprint density at radius 3 is 2.22 bits per heavy atom. The van der Waals surface area contributed by atoms with Gasteiger partial charge in [-0.25, -0.2) is 8.42 Å². The second kappa shape index (κ2) is 11.6. The van der Waals surface area contributed by atoms with Crippen LogP contribution in [0.4, 0.5) is 5.69 Å². The van der Waals surface area contributed by atoms with Gasteiger partial charge in [-0.05, 0) is 43.5 Å². The van der Waals surface area contributed by atoms with Gasteiger partial charge in [0, 0.05) is 32.4 Å². The summed E-state index contributed by atoms with van der Waals surface area (Å²) in [6.45, 7) is 3.22. The highest BCUT2D eigenvalue weighted by Gasteiger charge is 2.27. The molecule has 2 aromatic rings. The molecule has 0 radical (unpaired) electrons. The fraction of sp³-hybridized carbons (Fsp3) is 0.480. The smallest absolute Gasteiger partial charge is 0.252 e. The minimum absolute atomic E-state index is 0.000284. The number of para-hydroxylation sites is 1. The molecule has 1 heterocycles. The van der Waals surface area contributed by atoms with Crippen molar-refractivity contribution in [3.8, 4) is 0 Å². The van der Waals surface area contributed by atoms with Crippen LogP contribution in [0.3, 0.4) is 0 Å². The first-order chi connectivity index (χ1) is 15.4. The van der Waals surface area contributed by atoms with Gasteiger partial charge in [0.2, 0.25) is 10.0 Å². The molecule has 0 aliphatic carbocycles. The molecule has 0 saturated carbocycles. The normalized spacial score (nSPS) is 17.0. The number of ether oxygens (including phenoxy) is 1. The number of rotatable bonds is 4. The Bertz CT molecular complexity index is 989. The lowest BCUT2D eigenvalue weighted by molar-refractivity contribution is -0.122. The highest BCUT2D eigenvalue weighted by molar-refractivity contribution is 7.89. The summed E-state index contributed by atoms with van der Waals surface area (Å²) in [6.07, 6.45) is 5.92. The van der Waals surface area contributed by atoms with Gasteiger partial charge in [0.25, 0.3) is 5.91 Å². The second-order valence-corrected chi connectivity index (χ2v) is 10.3. The molecule has 0 spiro atoms. The van der Waals surface area contributed by atoms with Gasteiger partial charge in [-0.3, -0.25) is 4.79 Å². The number of methoxy groups -OCH3 is 1. The molecule has 1 aliphatic heterocycles. The summed E-state index contributed by atoms with van der Waals surface area (Å²) in [5, 5.41) is 0. The van der Waals surface area contributed by atoms with Gasteiger partial charge in [-0.1, -0.05) is 61.6 Å². The van der Waals surface area contributed by atoms with Crippen molar-refractivity contribution in [2.45, 2.75) is 56.9 Å². The van der Waals surface area contributed by atoms with Crippen LogP contribution in [0.2, 0.25) is 0 Å². The van der Waals surface area contributed by atoms with Gasteiger partial charge in [0.05, 0.1) is 4.90 Å². The first kappa shape index (κ1) is 24.4. The summed E-state index contributed by atoms with van der Waals surface area (Å²) in [5.41, 5.74) is 2.61. The number of carbonyl (C=O) groups is 1. The summed E-state index contributed by atoms with van der Waals surface area (Å²) in [4.78, 5) is 14.9. The fourth-order valence-electron chi connectivity index (χ4n) is 4.09. The fourth-order valence-corrected chi connectivity index (χ4v) is 5.54. The monoisotopic (exact) mass is 458 g/mol. The molecule has 3 rings (SSSR count). The Morgan fingerprint density at radius 1 is 0.906 bits per heavy atom. The maximum absolute atomic E-state index is 13.5. The number of carbonyl (C=O) groups excluding carboxylic acids is 1. The van der Waals surface area contributed by atoms with Crippen molar-refractivity contribution < 1.29 is 17.9 Å². The van der Waals surface area contributed by atoms with Gasteiger partial charge in [0.15, 0.2) is 0 Å². The third-order valence-electron chi connectivity index (χ3n) is 5.90. The van der Waals surface area contributed by atoms with E-state index in [-0.39, 0.29) is 19.1 Å². The van der Waals surface area contributed by atoms with E-state index in [1.54, 1.807) is 21.3 Å². The summed E-state index contributed by atoms with van der Waals surface area (Å²) >= 11 is 0. The number of fused-ring (bicyclic) bond motifs is 1. The number of benzene rings is 2. The Hall–Kier alpha value is -2.22. The van der Waals surface area contributed by atoms with Gasteiger partial charge in [0.1, 0.15) is 6.61 Å². The highest BCUT2D eigenvalue weighted by Crippen LogP contribution is 2.27. The lowest BCUT2D eigenvalue weighted by Crippen LogP contribution is -2.37. The van der Waals surface area contributed by atoms with Gasteiger partial charge in [-0.2, -0.15) is 4.31 Å². The summed E-state index contributed by atoms with van der Waals surface area (Å²) in [7, 11) is -2.15. The van der Waals surface area contributed by atoms with Crippen LogP contribution in [0.5, 0.6) is 0 Å². The number of nitrogens with zero attached hydrogens (tertiary/aromatic N) is 2. The number of sulfonamides is 1. The maximum Gasteiger partial charge on any atom is 0.252 e. The molecule has 0 N–H and O–H groups in total. The van der Waals surface area contributed by atoms with E-state index in [2.05, 4.69) is 0 Å². The molecule has 32 heavy (non-hydrogen) atoms. The topological polar surface area (TPSA) is 66.9 Å². The predicted octanol–water partition coefficient (Wildman–Crippen LogP) is 4.52. The van der Waals surface area contributed by atoms with E-state index in [1.165, 1.54) is 7.11 Å². The predicted molar refractivity (Wildman–Crippen MR) is 127 cm³/mol. The maximum atomic E-state index is 13.5. The largest absolute Gasteiger partial charge is 0.375 e. The zero-order valence-corrected chi connectivity index (χ0v) is 19.9. The van der Waals surface area contributed by atoms with E-state index >= 15 is 0 Å². The van der Waals surface area contributed by atoms with Gasteiger partial charge < -0.3 is 9.64 Å². The molecule has 2 aromatic carbocycles. The third kappa shape index (κ3) is 6.18. The zero-order chi connectivity index (χ0) is 23.0. The standard InChI is InChI=1S/C25H34N2O4S/c1-21-13-15-23(16-14-21)32(29,30)26-17-9-5-3-4-6-10-18-27(25(28)20-31-2)24-12-8-7-11-22(24)19-26/h7-8,11-16H,3-6,9-10,17-20H2,1-2H3. The van der Waals surface area contributed by atoms with E-state index < -0.39 is 10.0 Å². The minimum atomic E-state index is -3.66. The molecule has 0 fully saturated rings. The molecule has 6 nitrogen and oxygen atoms in total. The first-order valence-electron chi connectivity index (χ1n) is 11.4. The Kier molecular flexibility index (Phi) is 8.84. The lowest BCUT2D eigenvalue weighted by atomic mass is 10.1. The van der Waals surface area contributed by atoms with Crippen LogP contribution in [-0.2, 0) is 26.1 Å². The van der Waals surface area contributed by atoms with Gasteiger partial charge >= 0.3 is 0 Å². The number of hydrogen-bond donors (Lipinski definition) is 0. The van der Waals surface area contributed by atoms with Crippen molar-refractivity contribution in [2.75, 3.05) is 31.7 Å². The van der Waals surface area contributed by atoms with E-state index in [0.717, 1.165) is 55.3 Å². The van der Waals surface area contributed by atoms with Crippen molar-refractivity contribution >= 4 is 21.6 Å². The molecule has 0 saturated heterocycles. The zero-order valence-electron chi connectivity index (χ0n) is 19.1. The van der Waals surface area contributed by atoms with Crippen LogP contribution < -0.4 is 4.90 Å². The molecule has 0 atom stereocenters. The van der Waals surface area contributed by atoms with Crippen molar-refractivity contribution in [3.63, 3.8) is 0 Å². The summed E-state index contributed by atoms with van der Waals surface area (Å²) in [6, 6.07) is 14.6. The number of anilines is 1. The van der Waals surface area contributed by atoms with Crippen LogP contribution in [-0.4, -0.2) is 45.4 Å². The van der Waals surface area contributed by atoms with Crippen LogP contribution >= 0.6 is 0 Å². The number of hydrogen-bond acceptors (Lipinski definition) is 4. The first-order valence-corrected chi connectivity index (χ1v) is 12.8. The van der Waals surface area contributed by atoms with Crippen molar-refractivity contribution in [1.82, 2.24) is 4.31 Å². The molecule has 174 valence electrons. The summed E-state index contributed by atoms with van der Waals surface area (Å²) < 4.78 is 33.7. The highest BCUT2D eigenvalue weighted by atomic mass is 32.2. The molecule has 7 heteroatoms. The SMILES string of the molecule is COCC(=O)N1CCCCCCCCN(S(=O)(=O)c2ccc(C)cc2)Cc2ccccc21. The van der Waals surface area contributed by atoms with E-state index in [9.17, 15) is 13.2 Å². The lowest BCUT2D eigenvalue weighted by Gasteiger charge is -2.28. The Labute approximate surface area is 192 Å². The third-order valence-corrected chi connectivity index (χ3v) is 7.76. The van der Waals surface area contributed by atoms with E-state index in [0.29, 0.717) is 18.0 Å². The number of amides is 1. The molecule has 0 bridgehead atoms. The Morgan fingerprint density at radius 2 is 1.53 bits per heavy atom. The molecule has 1 amide bonds. The van der Waals surface area contributed by atoms with E-state index in [4.69, 9.17) is 4.74 Å². The van der Waals surface area contributed by atoms with Crippen LogP contribution in [0.15, 0.2) is 53.4 Å². The van der Waals surface area contributed by atoms with Crippen LogP contribution in [0.1, 0.15) is 49.7 Å². The number of aryl methyl sites for hydroxylation is 1. The van der Waals surface area contributed by atoms with Crippen molar-refractivity contribution in [2.24, 2.45) is 0 Å². The summed E-state index contributed by atoms with van der Waals surface area (Å²) in [5.74, 6) is -0.109. The second-order valence-electron chi connectivity index (χ2n) is 8.38. The average Bonchev–Trinajstić information content (AvgIpc) is 2.79. The van der Waals surface area contributed by atoms with Crippen LogP contribution in [0, 0.1) is 6.92 Å². The molecule has 1 aliphatic rings. The quantitative estimate of drug-likeness (QED) is 0.676. The minimum Gasteiger partial charge on any atom is -0.375 e. The van der Waals surface area contributed by atoms with Gasteiger partial charge in [-0.15, -0.1) is 0 Å². The van der Waals surface area contributed by atoms with Crippen molar-refractivity contribution in [3.05, 3.63) is 59.7 Å². The Balaban J connectivity index is 2.00. The van der Waals surface area contributed by atoms with Crippen molar-refractivity contribution in [1.29, 1.82) is 0 Å².